The summed E-state index contributed by atoms with van der Waals surface area (Å²) in [4.78, 5) is 0. The molecule has 1 saturated carbocycles. The summed E-state index contributed by atoms with van der Waals surface area (Å²) >= 11 is 0. The van der Waals surface area contributed by atoms with Gasteiger partial charge in [-0.15, -0.1) is 0 Å². The Morgan fingerprint density at radius 2 is 2.27 bits per heavy atom. The summed E-state index contributed by atoms with van der Waals surface area (Å²) in [5.41, 5.74) is 0.895. The smallest absolute Gasteiger partial charge is 0.124 e. The van der Waals surface area contributed by atoms with Gasteiger partial charge in [0, 0.05) is 18.7 Å². The molecule has 1 fully saturated rings. The van der Waals surface area contributed by atoms with Crippen LogP contribution in [0.5, 0.6) is 0 Å². The van der Waals surface area contributed by atoms with E-state index in [1.807, 2.05) is 6.07 Å². The van der Waals surface area contributed by atoms with Gasteiger partial charge in [-0.05, 0) is 12.8 Å². The van der Waals surface area contributed by atoms with Crippen LogP contribution in [0.3, 0.4) is 0 Å². The molecule has 1 aromatic heterocycles. The molecule has 0 saturated heterocycles. The van der Waals surface area contributed by atoms with Gasteiger partial charge in [0.1, 0.15) is 6.26 Å². The molecule has 0 aromatic carbocycles. The molecule has 1 aliphatic carbocycles. The molecule has 0 bridgehead atoms. The van der Waals surface area contributed by atoms with Crippen LogP contribution in [0.2, 0.25) is 0 Å². The second kappa shape index (κ2) is 5.28. The topological polar surface area (TPSA) is 58.3 Å². The first kappa shape index (κ1) is 10.6. The first-order chi connectivity index (χ1) is 7.36. The lowest BCUT2D eigenvalue weighted by atomic mass is 10.1. The van der Waals surface area contributed by atoms with Gasteiger partial charge in [-0.3, -0.25) is 0 Å². The third-order valence-corrected chi connectivity index (χ3v) is 3.02. The standard InChI is InChI=1S/C11H18N2O2/c14-11-5-3-1-2-4-10(11)12-8-9-6-7-15-13-9/h6-7,10-12,14H,1-5,8H2. The van der Waals surface area contributed by atoms with E-state index in [1.165, 1.54) is 12.8 Å². The minimum absolute atomic E-state index is 0.209. The quantitative estimate of drug-likeness (QED) is 0.741. The molecule has 0 spiro atoms. The predicted octanol–water partition coefficient (Wildman–Crippen LogP) is 1.46. The largest absolute Gasteiger partial charge is 0.392 e. The maximum absolute atomic E-state index is 9.87. The van der Waals surface area contributed by atoms with E-state index < -0.39 is 0 Å². The number of aliphatic hydroxyl groups is 1. The molecular formula is C11H18N2O2. The fourth-order valence-electron chi connectivity index (χ4n) is 2.09. The zero-order valence-electron chi connectivity index (χ0n) is 8.85. The number of aromatic nitrogens is 1. The number of hydrogen-bond acceptors (Lipinski definition) is 4. The maximum atomic E-state index is 9.87. The first-order valence-electron chi connectivity index (χ1n) is 5.67. The van der Waals surface area contributed by atoms with E-state index in [-0.39, 0.29) is 12.1 Å². The molecule has 0 amide bonds. The minimum Gasteiger partial charge on any atom is -0.392 e. The summed E-state index contributed by atoms with van der Waals surface area (Å²) in [6.45, 7) is 0.679. The van der Waals surface area contributed by atoms with E-state index in [0.29, 0.717) is 6.54 Å². The molecule has 15 heavy (non-hydrogen) atoms. The minimum atomic E-state index is -0.209. The lowest BCUT2D eigenvalue weighted by molar-refractivity contribution is 0.119. The Balaban J connectivity index is 1.81. The SMILES string of the molecule is OC1CCCCCC1NCc1ccon1. The average molecular weight is 210 g/mol. The molecule has 84 valence electrons. The van der Waals surface area contributed by atoms with Gasteiger partial charge in [-0.1, -0.05) is 24.4 Å². The van der Waals surface area contributed by atoms with Gasteiger partial charge >= 0.3 is 0 Å². The van der Waals surface area contributed by atoms with Crippen molar-refractivity contribution in [1.29, 1.82) is 0 Å². The van der Waals surface area contributed by atoms with Crippen LogP contribution in [0.1, 0.15) is 37.8 Å². The molecule has 2 N–H and O–H groups in total. The van der Waals surface area contributed by atoms with Crippen molar-refractivity contribution in [3.05, 3.63) is 18.0 Å². The van der Waals surface area contributed by atoms with Crippen molar-refractivity contribution >= 4 is 0 Å². The number of aliphatic hydroxyl groups excluding tert-OH is 1. The van der Waals surface area contributed by atoms with E-state index in [2.05, 4.69) is 10.5 Å². The highest BCUT2D eigenvalue weighted by molar-refractivity contribution is 4.95. The van der Waals surface area contributed by atoms with Crippen LogP contribution in [-0.2, 0) is 6.54 Å². The van der Waals surface area contributed by atoms with Gasteiger partial charge < -0.3 is 14.9 Å². The van der Waals surface area contributed by atoms with Crippen molar-refractivity contribution in [2.24, 2.45) is 0 Å². The van der Waals surface area contributed by atoms with Crippen molar-refractivity contribution in [2.45, 2.75) is 50.8 Å². The maximum Gasteiger partial charge on any atom is 0.124 e. The van der Waals surface area contributed by atoms with Crippen molar-refractivity contribution < 1.29 is 9.63 Å². The van der Waals surface area contributed by atoms with Crippen molar-refractivity contribution in [3.63, 3.8) is 0 Å². The van der Waals surface area contributed by atoms with Crippen molar-refractivity contribution in [2.75, 3.05) is 0 Å². The second-order valence-corrected chi connectivity index (χ2v) is 4.18. The summed E-state index contributed by atoms with van der Waals surface area (Å²) in [6.07, 6.45) is 6.91. The Labute approximate surface area is 89.7 Å². The van der Waals surface area contributed by atoms with E-state index in [0.717, 1.165) is 25.0 Å². The summed E-state index contributed by atoms with van der Waals surface area (Å²) in [5, 5.41) is 17.0. The zero-order valence-corrected chi connectivity index (χ0v) is 8.85. The number of nitrogens with one attached hydrogen (secondary N) is 1. The van der Waals surface area contributed by atoms with Gasteiger partial charge in [-0.25, -0.2) is 0 Å². The fraction of sp³-hybridized carbons (Fsp3) is 0.727. The first-order valence-corrected chi connectivity index (χ1v) is 5.67. The molecule has 4 nitrogen and oxygen atoms in total. The Morgan fingerprint density at radius 1 is 1.40 bits per heavy atom. The summed E-state index contributed by atoms with van der Waals surface area (Å²) in [5.74, 6) is 0. The molecule has 2 atom stereocenters. The molecule has 2 rings (SSSR count). The lowest BCUT2D eigenvalue weighted by Gasteiger charge is -2.21. The summed E-state index contributed by atoms with van der Waals surface area (Å²) < 4.78 is 4.75. The van der Waals surface area contributed by atoms with Crippen LogP contribution >= 0.6 is 0 Å². The van der Waals surface area contributed by atoms with Crippen molar-refractivity contribution in [1.82, 2.24) is 10.5 Å². The van der Waals surface area contributed by atoms with E-state index in [9.17, 15) is 5.11 Å². The predicted molar refractivity (Wildman–Crippen MR) is 56.2 cm³/mol. The van der Waals surface area contributed by atoms with Gasteiger partial charge in [0.2, 0.25) is 0 Å². The van der Waals surface area contributed by atoms with Crippen LogP contribution in [0.4, 0.5) is 0 Å². The van der Waals surface area contributed by atoms with Gasteiger partial charge in [0.25, 0.3) is 0 Å². The Hall–Kier alpha value is -0.870. The van der Waals surface area contributed by atoms with Gasteiger partial charge in [0.05, 0.1) is 11.8 Å². The highest BCUT2D eigenvalue weighted by Crippen LogP contribution is 2.18. The van der Waals surface area contributed by atoms with E-state index in [1.54, 1.807) is 6.26 Å². The molecule has 0 radical (unpaired) electrons. The molecule has 0 aliphatic heterocycles. The third-order valence-electron chi connectivity index (χ3n) is 3.02. The van der Waals surface area contributed by atoms with Crippen LogP contribution in [-0.4, -0.2) is 22.4 Å². The van der Waals surface area contributed by atoms with E-state index >= 15 is 0 Å². The third kappa shape index (κ3) is 3.04. The summed E-state index contributed by atoms with van der Waals surface area (Å²) in [6, 6.07) is 2.06. The Morgan fingerprint density at radius 3 is 3.07 bits per heavy atom. The fourth-order valence-corrected chi connectivity index (χ4v) is 2.09. The molecular weight excluding hydrogens is 192 g/mol. The van der Waals surface area contributed by atoms with Crippen molar-refractivity contribution in [3.8, 4) is 0 Å². The zero-order chi connectivity index (χ0) is 10.5. The number of rotatable bonds is 3. The highest BCUT2D eigenvalue weighted by atomic mass is 16.5. The Kier molecular flexibility index (Phi) is 3.75. The Bertz CT molecular complexity index is 274. The number of hydrogen-bond donors (Lipinski definition) is 2. The average Bonchev–Trinajstić information content (AvgIpc) is 2.67. The second-order valence-electron chi connectivity index (χ2n) is 4.18. The highest BCUT2D eigenvalue weighted by Gasteiger charge is 2.20. The van der Waals surface area contributed by atoms with Crippen LogP contribution in [0, 0.1) is 0 Å². The molecule has 4 heteroatoms. The number of nitrogens with zero attached hydrogens (tertiary/aromatic N) is 1. The summed E-state index contributed by atoms with van der Waals surface area (Å²) in [7, 11) is 0. The molecule has 1 aliphatic rings. The monoisotopic (exact) mass is 210 g/mol. The van der Waals surface area contributed by atoms with Gasteiger partial charge in [-0.2, -0.15) is 0 Å². The molecule has 2 unspecified atom stereocenters. The van der Waals surface area contributed by atoms with E-state index in [4.69, 9.17) is 4.52 Å². The molecule has 1 aromatic rings. The lowest BCUT2D eigenvalue weighted by Crippen LogP contribution is -2.38. The van der Waals surface area contributed by atoms with Gasteiger partial charge in [0.15, 0.2) is 0 Å². The van der Waals surface area contributed by atoms with Crippen LogP contribution in [0.15, 0.2) is 16.9 Å². The molecule has 1 heterocycles. The normalized spacial score (nSPS) is 27.5. The van der Waals surface area contributed by atoms with Crippen LogP contribution < -0.4 is 5.32 Å². The van der Waals surface area contributed by atoms with Crippen LogP contribution in [0.25, 0.3) is 0 Å².